The first kappa shape index (κ1) is 33.6. The van der Waals surface area contributed by atoms with Gasteiger partial charge in [0.1, 0.15) is 5.82 Å². The van der Waals surface area contributed by atoms with Crippen molar-refractivity contribution in [2.24, 2.45) is 0 Å². The van der Waals surface area contributed by atoms with E-state index < -0.39 is 0 Å². The van der Waals surface area contributed by atoms with Crippen molar-refractivity contribution in [1.82, 2.24) is 9.13 Å². The lowest BCUT2D eigenvalue weighted by molar-refractivity contribution is 0.628. The van der Waals surface area contributed by atoms with Crippen molar-refractivity contribution in [3.05, 3.63) is 212 Å². The van der Waals surface area contributed by atoms with E-state index in [0.29, 0.717) is 0 Å². The number of para-hydroxylation sites is 3. The highest BCUT2D eigenvalue weighted by molar-refractivity contribution is 7.25. The third-order valence-corrected chi connectivity index (χ3v) is 12.9. The Labute approximate surface area is 343 Å². The second-order valence-corrected chi connectivity index (χ2v) is 16.2. The summed E-state index contributed by atoms with van der Waals surface area (Å²) in [6.07, 6.45) is 0. The SMILES string of the molecule is Fc1ccc(N(c2ccc(-c3ccc(-n4c5ccccc5c5cc6sc7ccccc7c6cc54)cc3)cc2)c2ccc(-n3c4ccccc4c4ccccc43)cc2)cc1. The molecule has 0 radical (unpaired) electrons. The van der Waals surface area contributed by atoms with Crippen LogP contribution in [0.5, 0.6) is 0 Å². The summed E-state index contributed by atoms with van der Waals surface area (Å²) in [7, 11) is 0. The highest BCUT2D eigenvalue weighted by atomic mass is 32.1. The Balaban J connectivity index is 0.901. The molecule has 0 unspecified atom stereocenters. The van der Waals surface area contributed by atoms with Gasteiger partial charge in [0.2, 0.25) is 0 Å². The molecule has 0 spiro atoms. The summed E-state index contributed by atoms with van der Waals surface area (Å²) in [6.45, 7) is 0. The summed E-state index contributed by atoms with van der Waals surface area (Å²) in [6, 6.07) is 72.2. The summed E-state index contributed by atoms with van der Waals surface area (Å²) in [4.78, 5) is 2.18. The van der Waals surface area contributed by atoms with Crippen molar-refractivity contribution in [3.8, 4) is 22.5 Å². The topological polar surface area (TPSA) is 13.1 Å². The summed E-state index contributed by atoms with van der Waals surface area (Å²) in [5.74, 6) is -0.261. The average Bonchev–Trinajstić information content (AvgIpc) is 3.94. The quantitative estimate of drug-likeness (QED) is 0.164. The first-order chi connectivity index (χ1) is 29.2. The van der Waals surface area contributed by atoms with Gasteiger partial charge < -0.3 is 14.0 Å². The van der Waals surface area contributed by atoms with Gasteiger partial charge in [0.05, 0.1) is 22.1 Å². The molecule has 0 atom stereocenters. The van der Waals surface area contributed by atoms with Crippen LogP contribution in [0, 0.1) is 5.82 Å². The Morgan fingerprint density at radius 1 is 0.339 bits per heavy atom. The standard InChI is InChI=1S/C54H34FN3S/c55-37-21-27-39(28-22-37)56(40-29-31-42(32-30-40)57-49-13-5-1-9-43(49)44-10-2-6-14-50(44)57)38-23-17-35(18-24-38)36-19-25-41(26-20-36)58-51-15-7-3-11-45(51)47-34-54-48(33-52(47)58)46-12-4-8-16-53(46)59-54/h1-34H. The normalized spacial score (nSPS) is 11.8. The van der Waals surface area contributed by atoms with Crippen LogP contribution in [0.1, 0.15) is 0 Å². The molecular formula is C54H34FN3S. The van der Waals surface area contributed by atoms with E-state index in [1.807, 2.05) is 23.5 Å². The van der Waals surface area contributed by atoms with Crippen molar-refractivity contribution < 1.29 is 4.39 Å². The lowest BCUT2D eigenvalue weighted by Crippen LogP contribution is -2.10. The van der Waals surface area contributed by atoms with Crippen molar-refractivity contribution in [2.75, 3.05) is 4.90 Å². The molecule has 0 aliphatic carbocycles. The third-order valence-electron chi connectivity index (χ3n) is 11.8. The Bertz CT molecular complexity index is 3490. The van der Waals surface area contributed by atoms with Crippen LogP contribution >= 0.6 is 11.3 Å². The maximum absolute atomic E-state index is 14.2. The minimum atomic E-state index is -0.261. The molecule has 0 fully saturated rings. The van der Waals surface area contributed by atoms with Crippen LogP contribution in [0.15, 0.2) is 206 Å². The van der Waals surface area contributed by atoms with E-state index in [2.05, 4.69) is 196 Å². The Morgan fingerprint density at radius 3 is 1.34 bits per heavy atom. The van der Waals surface area contributed by atoms with Crippen molar-refractivity contribution >= 4 is 92.2 Å². The van der Waals surface area contributed by atoms with Crippen molar-refractivity contribution in [3.63, 3.8) is 0 Å². The number of anilines is 3. The minimum Gasteiger partial charge on any atom is -0.310 e. The Morgan fingerprint density at radius 2 is 0.763 bits per heavy atom. The maximum Gasteiger partial charge on any atom is 0.123 e. The molecule has 3 nitrogen and oxygen atoms in total. The summed E-state index contributed by atoms with van der Waals surface area (Å²) >= 11 is 1.86. The number of nitrogens with zero attached hydrogens (tertiary/aromatic N) is 3. The van der Waals surface area contributed by atoms with E-state index in [0.717, 1.165) is 39.6 Å². The molecule has 9 aromatic carbocycles. The van der Waals surface area contributed by atoms with Gasteiger partial charge >= 0.3 is 0 Å². The zero-order chi connectivity index (χ0) is 39.0. The van der Waals surface area contributed by atoms with E-state index in [1.54, 1.807) is 0 Å². The van der Waals surface area contributed by atoms with Crippen molar-refractivity contribution in [2.45, 2.75) is 0 Å². The van der Waals surface area contributed by atoms with E-state index in [-0.39, 0.29) is 5.82 Å². The predicted molar refractivity (Wildman–Crippen MR) is 248 cm³/mol. The van der Waals surface area contributed by atoms with Gasteiger partial charge in [-0.3, -0.25) is 0 Å². The van der Waals surface area contributed by atoms with Gasteiger partial charge in [-0.1, -0.05) is 97.1 Å². The van der Waals surface area contributed by atoms with Crippen LogP contribution < -0.4 is 4.90 Å². The van der Waals surface area contributed by atoms with Crippen LogP contribution in [0.3, 0.4) is 0 Å². The van der Waals surface area contributed by atoms with Crippen LogP contribution in [0.25, 0.3) is 86.3 Å². The van der Waals surface area contributed by atoms with Crippen LogP contribution in [-0.2, 0) is 0 Å². The number of rotatable bonds is 6. The maximum atomic E-state index is 14.2. The summed E-state index contributed by atoms with van der Waals surface area (Å²) < 4.78 is 21.6. The summed E-state index contributed by atoms with van der Waals surface area (Å²) in [5.41, 5.74) is 12.1. The first-order valence-corrected chi connectivity index (χ1v) is 20.7. The predicted octanol–water partition coefficient (Wildman–Crippen LogP) is 15.5. The number of halogens is 1. The van der Waals surface area contributed by atoms with Gasteiger partial charge in [0.15, 0.2) is 0 Å². The number of fused-ring (bicyclic) bond motifs is 9. The fourth-order valence-electron chi connectivity index (χ4n) is 9.06. The molecule has 0 bridgehead atoms. The minimum absolute atomic E-state index is 0.261. The molecule has 0 saturated carbocycles. The lowest BCUT2D eigenvalue weighted by atomic mass is 10.0. The molecule has 0 saturated heterocycles. The molecule has 3 heterocycles. The molecule has 278 valence electrons. The highest BCUT2D eigenvalue weighted by Crippen LogP contribution is 2.42. The molecule has 0 aliphatic rings. The number of benzene rings is 9. The number of aromatic nitrogens is 2. The lowest BCUT2D eigenvalue weighted by Gasteiger charge is -2.26. The molecular weight excluding hydrogens is 742 g/mol. The number of hydrogen-bond acceptors (Lipinski definition) is 2. The van der Waals surface area contributed by atoms with Crippen LogP contribution in [-0.4, -0.2) is 9.13 Å². The van der Waals surface area contributed by atoms with Crippen LogP contribution in [0.4, 0.5) is 21.5 Å². The molecule has 0 amide bonds. The van der Waals surface area contributed by atoms with Gasteiger partial charge in [0.25, 0.3) is 0 Å². The van der Waals surface area contributed by atoms with Gasteiger partial charge in [-0.15, -0.1) is 11.3 Å². The fourth-order valence-corrected chi connectivity index (χ4v) is 10.2. The average molecular weight is 776 g/mol. The molecule has 12 rings (SSSR count). The molecule has 12 aromatic rings. The van der Waals surface area contributed by atoms with E-state index in [9.17, 15) is 4.39 Å². The Hall–Kier alpha value is -7.47. The zero-order valence-electron chi connectivity index (χ0n) is 31.8. The van der Waals surface area contributed by atoms with E-state index >= 15 is 0 Å². The summed E-state index contributed by atoms with van der Waals surface area (Å²) in [5, 5.41) is 7.59. The van der Waals surface area contributed by atoms with Gasteiger partial charge in [-0.25, -0.2) is 4.39 Å². The monoisotopic (exact) mass is 775 g/mol. The molecule has 0 aliphatic heterocycles. The number of thiophene rings is 1. The largest absolute Gasteiger partial charge is 0.310 e. The first-order valence-electron chi connectivity index (χ1n) is 19.9. The smallest absolute Gasteiger partial charge is 0.123 e. The van der Waals surface area contributed by atoms with Crippen LogP contribution in [0.2, 0.25) is 0 Å². The van der Waals surface area contributed by atoms with E-state index in [1.165, 1.54) is 75.9 Å². The molecule has 59 heavy (non-hydrogen) atoms. The van der Waals surface area contributed by atoms with E-state index in [4.69, 9.17) is 0 Å². The van der Waals surface area contributed by atoms with Gasteiger partial charge in [-0.2, -0.15) is 0 Å². The zero-order valence-corrected chi connectivity index (χ0v) is 32.6. The van der Waals surface area contributed by atoms with Gasteiger partial charge in [-0.05, 0) is 120 Å². The Kier molecular flexibility index (Phi) is 7.59. The molecule has 3 aromatic heterocycles. The highest BCUT2D eigenvalue weighted by Gasteiger charge is 2.18. The van der Waals surface area contributed by atoms with Crippen molar-refractivity contribution in [1.29, 1.82) is 0 Å². The number of hydrogen-bond donors (Lipinski definition) is 0. The molecule has 5 heteroatoms. The fraction of sp³-hybridized carbons (Fsp3) is 0. The second-order valence-electron chi connectivity index (χ2n) is 15.1. The second kappa shape index (κ2) is 13.3. The third kappa shape index (κ3) is 5.39. The van der Waals surface area contributed by atoms with Gasteiger partial charge in [0, 0.05) is 70.2 Å². The molecule has 0 N–H and O–H groups in total.